The Labute approximate surface area is 93.9 Å². The van der Waals surface area contributed by atoms with Crippen molar-refractivity contribution in [2.75, 3.05) is 19.1 Å². The first kappa shape index (κ1) is 10.6. The number of nitrogens with two attached hydrogens (primary N) is 1. The van der Waals surface area contributed by atoms with Gasteiger partial charge in [0.15, 0.2) is 11.5 Å². The zero-order valence-electron chi connectivity index (χ0n) is 8.57. The molecule has 15 heavy (non-hydrogen) atoms. The van der Waals surface area contributed by atoms with Crippen LogP contribution in [0.2, 0.25) is 0 Å². The van der Waals surface area contributed by atoms with Gasteiger partial charge in [-0.25, -0.2) is 0 Å². The molecule has 0 unspecified atom stereocenters. The fourth-order valence-electron chi connectivity index (χ4n) is 1.40. The summed E-state index contributed by atoms with van der Waals surface area (Å²) in [6.07, 6.45) is 2.26. The molecule has 0 fully saturated rings. The third-order valence-electron chi connectivity index (χ3n) is 2.21. The topological polar surface area (TPSA) is 44.5 Å². The van der Waals surface area contributed by atoms with Gasteiger partial charge in [-0.1, -0.05) is 0 Å². The second-order valence-electron chi connectivity index (χ2n) is 3.36. The van der Waals surface area contributed by atoms with Crippen molar-refractivity contribution >= 4 is 11.8 Å². The molecular formula is C11H15NO2S. The molecule has 2 rings (SSSR count). The molecule has 0 atom stereocenters. The molecule has 1 aliphatic heterocycles. The van der Waals surface area contributed by atoms with E-state index in [1.165, 1.54) is 4.90 Å². The Hall–Kier alpha value is -0.870. The van der Waals surface area contributed by atoms with Crippen molar-refractivity contribution in [2.24, 2.45) is 5.73 Å². The lowest BCUT2D eigenvalue weighted by Gasteiger charge is -2.02. The van der Waals surface area contributed by atoms with Crippen molar-refractivity contribution in [3.05, 3.63) is 18.2 Å². The van der Waals surface area contributed by atoms with Crippen LogP contribution < -0.4 is 15.2 Å². The molecule has 0 saturated carbocycles. The highest BCUT2D eigenvalue weighted by Crippen LogP contribution is 2.35. The van der Waals surface area contributed by atoms with Gasteiger partial charge in [-0.15, -0.1) is 11.8 Å². The monoisotopic (exact) mass is 225 g/mol. The molecule has 0 aliphatic carbocycles. The Morgan fingerprint density at radius 2 is 2.07 bits per heavy atom. The lowest BCUT2D eigenvalue weighted by Crippen LogP contribution is -1.98. The van der Waals surface area contributed by atoms with E-state index in [0.717, 1.165) is 36.6 Å². The van der Waals surface area contributed by atoms with Crippen LogP contribution in [-0.4, -0.2) is 19.1 Å². The Bertz CT molecular complexity index is 330. The third kappa shape index (κ3) is 2.79. The molecule has 0 aromatic heterocycles. The van der Waals surface area contributed by atoms with Crippen molar-refractivity contribution in [1.29, 1.82) is 0 Å². The number of fused-ring (bicyclic) bond motifs is 1. The summed E-state index contributed by atoms with van der Waals surface area (Å²) in [5.41, 5.74) is 5.44. The average Bonchev–Trinajstić information content (AvgIpc) is 2.71. The second-order valence-corrected chi connectivity index (χ2v) is 4.53. The summed E-state index contributed by atoms with van der Waals surface area (Å²) in [7, 11) is 0. The summed E-state index contributed by atoms with van der Waals surface area (Å²) < 4.78 is 10.6. The van der Waals surface area contributed by atoms with E-state index < -0.39 is 0 Å². The number of hydrogen-bond donors (Lipinski definition) is 1. The highest BCUT2D eigenvalue weighted by atomic mass is 32.2. The summed E-state index contributed by atoms with van der Waals surface area (Å²) in [6.45, 7) is 1.12. The van der Waals surface area contributed by atoms with Gasteiger partial charge in [-0.05, 0) is 43.3 Å². The van der Waals surface area contributed by atoms with E-state index in [2.05, 4.69) is 6.07 Å². The summed E-state index contributed by atoms with van der Waals surface area (Å²) in [6, 6.07) is 6.07. The average molecular weight is 225 g/mol. The maximum atomic E-state index is 5.44. The maximum Gasteiger partial charge on any atom is 0.231 e. The Balaban J connectivity index is 1.87. The molecule has 0 radical (unpaired) electrons. The molecule has 1 aliphatic rings. The first-order chi connectivity index (χ1) is 7.40. The van der Waals surface area contributed by atoms with Crippen LogP contribution in [0.25, 0.3) is 0 Å². The molecule has 0 saturated heterocycles. The minimum atomic E-state index is 0.344. The van der Waals surface area contributed by atoms with E-state index in [-0.39, 0.29) is 0 Å². The number of hydrogen-bond acceptors (Lipinski definition) is 4. The Morgan fingerprint density at radius 3 is 2.93 bits per heavy atom. The molecule has 1 heterocycles. The molecule has 0 bridgehead atoms. The minimum Gasteiger partial charge on any atom is -0.454 e. The van der Waals surface area contributed by atoms with Gasteiger partial charge in [0.05, 0.1) is 0 Å². The van der Waals surface area contributed by atoms with Gasteiger partial charge >= 0.3 is 0 Å². The highest BCUT2D eigenvalue weighted by molar-refractivity contribution is 7.99. The minimum absolute atomic E-state index is 0.344. The van der Waals surface area contributed by atoms with Crippen molar-refractivity contribution in [1.82, 2.24) is 0 Å². The van der Waals surface area contributed by atoms with Crippen LogP contribution in [0.3, 0.4) is 0 Å². The fourth-order valence-corrected chi connectivity index (χ4v) is 2.34. The van der Waals surface area contributed by atoms with E-state index in [0.29, 0.717) is 6.79 Å². The SMILES string of the molecule is NCCCCSc1ccc2c(c1)OCO2. The van der Waals surface area contributed by atoms with E-state index in [1.807, 2.05) is 23.9 Å². The van der Waals surface area contributed by atoms with Gasteiger partial charge in [0, 0.05) is 4.90 Å². The van der Waals surface area contributed by atoms with Gasteiger partial charge in [0.2, 0.25) is 6.79 Å². The van der Waals surface area contributed by atoms with E-state index in [4.69, 9.17) is 15.2 Å². The first-order valence-corrected chi connectivity index (χ1v) is 6.11. The largest absolute Gasteiger partial charge is 0.454 e. The second kappa shape index (κ2) is 5.28. The fraction of sp³-hybridized carbons (Fsp3) is 0.455. The van der Waals surface area contributed by atoms with Gasteiger partial charge in [-0.2, -0.15) is 0 Å². The molecular weight excluding hydrogens is 210 g/mol. The number of benzene rings is 1. The lowest BCUT2D eigenvalue weighted by molar-refractivity contribution is 0.174. The van der Waals surface area contributed by atoms with Crippen LogP contribution >= 0.6 is 11.8 Å². The number of thioether (sulfide) groups is 1. The summed E-state index contributed by atoms with van der Waals surface area (Å²) in [5, 5.41) is 0. The van der Waals surface area contributed by atoms with Gasteiger partial charge in [-0.3, -0.25) is 0 Å². The third-order valence-corrected chi connectivity index (χ3v) is 3.29. The summed E-state index contributed by atoms with van der Waals surface area (Å²) in [4.78, 5) is 1.23. The van der Waals surface area contributed by atoms with Crippen LogP contribution in [0, 0.1) is 0 Å². The normalized spacial score (nSPS) is 13.1. The molecule has 0 amide bonds. The van der Waals surface area contributed by atoms with Gasteiger partial charge in [0.1, 0.15) is 0 Å². The first-order valence-electron chi connectivity index (χ1n) is 5.12. The van der Waals surface area contributed by atoms with Crippen LogP contribution in [0.1, 0.15) is 12.8 Å². The molecule has 82 valence electrons. The van der Waals surface area contributed by atoms with E-state index in [1.54, 1.807) is 0 Å². The van der Waals surface area contributed by atoms with Crippen LogP contribution in [0.5, 0.6) is 11.5 Å². The molecule has 1 aromatic carbocycles. The van der Waals surface area contributed by atoms with Crippen molar-refractivity contribution in [2.45, 2.75) is 17.7 Å². The number of ether oxygens (including phenoxy) is 2. The summed E-state index contributed by atoms with van der Waals surface area (Å²) >= 11 is 1.84. The lowest BCUT2D eigenvalue weighted by atomic mass is 10.3. The quantitative estimate of drug-likeness (QED) is 0.616. The predicted molar refractivity (Wildman–Crippen MR) is 61.6 cm³/mol. The van der Waals surface area contributed by atoms with Crippen LogP contribution in [0.4, 0.5) is 0 Å². The van der Waals surface area contributed by atoms with E-state index in [9.17, 15) is 0 Å². The Morgan fingerprint density at radius 1 is 1.20 bits per heavy atom. The predicted octanol–water partition coefficient (Wildman–Crippen LogP) is 2.25. The van der Waals surface area contributed by atoms with Crippen molar-refractivity contribution in [3.8, 4) is 11.5 Å². The van der Waals surface area contributed by atoms with Crippen molar-refractivity contribution < 1.29 is 9.47 Å². The maximum absolute atomic E-state index is 5.44. The van der Waals surface area contributed by atoms with Crippen LogP contribution in [0.15, 0.2) is 23.1 Å². The molecule has 0 spiro atoms. The molecule has 2 N–H and O–H groups in total. The smallest absolute Gasteiger partial charge is 0.231 e. The molecule has 4 heteroatoms. The van der Waals surface area contributed by atoms with E-state index >= 15 is 0 Å². The number of unbranched alkanes of at least 4 members (excludes halogenated alkanes) is 1. The molecule has 1 aromatic rings. The van der Waals surface area contributed by atoms with Crippen LogP contribution in [-0.2, 0) is 0 Å². The summed E-state index contributed by atoms with van der Waals surface area (Å²) in [5.74, 6) is 2.82. The highest BCUT2D eigenvalue weighted by Gasteiger charge is 2.12. The molecule has 3 nitrogen and oxygen atoms in total. The standard InChI is InChI=1S/C11H15NO2S/c12-5-1-2-6-15-9-3-4-10-11(7-9)14-8-13-10/h3-4,7H,1-2,5-6,8,12H2. The zero-order chi connectivity index (χ0) is 10.5. The Kier molecular flexibility index (Phi) is 3.75. The van der Waals surface area contributed by atoms with Crippen molar-refractivity contribution in [3.63, 3.8) is 0 Å². The van der Waals surface area contributed by atoms with Gasteiger partial charge in [0.25, 0.3) is 0 Å². The zero-order valence-corrected chi connectivity index (χ0v) is 9.39. The van der Waals surface area contributed by atoms with Gasteiger partial charge < -0.3 is 15.2 Å². The number of rotatable bonds is 5.